The molecule has 9 heteroatoms. The van der Waals surface area contributed by atoms with Crippen LogP contribution in [0.3, 0.4) is 0 Å². The predicted octanol–water partition coefficient (Wildman–Crippen LogP) is 5.61. The summed E-state index contributed by atoms with van der Waals surface area (Å²) < 4.78 is 39.5. The third-order valence-electron chi connectivity index (χ3n) is 4.15. The molecule has 0 radical (unpaired) electrons. The molecule has 3 aromatic carbocycles. The molecule has 0 saturated heterocycles. The molecule has 2 amide bonds. The Morgan fingerprint density at radius 3 is 2.19 bits per heavy atom. The minimum Gasteiger partial charge on any atom is -0.376 e. The van der Waals surface area contributed by atoms with Gasteiger partial charge in [-0.05, 0) is 83.3 Å². The van der Waals surface area contributed by atoms with Gasteiger partial charge in [0.25, 0.3) is 5.91 Å². The molecule has 0 fully saturated rings. The molecule has 0 spiro atoms. The molecule has 0 aliphatic heterocycles. The number of rotatable bonds is 6. The number of carbonyl (C=O) groups is 2. The van der Waals surface area contributed by atoms with E-state index in [0.29, 0.717) is 11.4 Å². The number of amides is 2. The van der Waals surface area contributed by atoms with Crippen LogP contribution in [0.4, 0.5) is 30.2 Å². The zero-order chi connectivity index (χ0) is 22.4. The Balaban J connectivity index is 1.60. The highest BCUT2D eigenvalue weighted by molar-refractivity contribution is 14.1. The average Bonchev–Trinajstić information content (AvgIpc) is 2.74. The van der Waals surface area contributed by atoms with Gasteiger partial charge in [-0.2, -0.15) is 13.2 Å². The SMILES string of the molecule is O=C(CNc1cccc(C(=O)Nc2cccc(C(F)(F)F)c2)c1)Nc1ccc(I)cc1. The summed E-state index contributed by atoms with van der Waals surface area (Å²) in [7, 11) is 0. The first-order chi connectivity index (χ1) is 14.7. The number of hydrogen-bond donors (Lipinski definition) is 3. The minimum absolute atomic E-state index is 0.0231. The largest absolute Gasteiger partial charge is 0.416 e. The van der Waals surface area contributed by atoms with Crippen molar-refractivity contribution in [3.63, 3.8) is 0 Å². The van der Waals surface area contributed by atoms with Gasteiger partial charge >= 0.3 is 6.18 Å². The Bertz CT molecular complexity index is 1090. The van der Waals surface area contributed by atoms with Gasteiger partial charge in [0.05, 0.1) is 12.1 Å². The smallest absolute Gasteiger partial charge is 0.376 e. The highest BCUT2D eigenvalue weighted by atomic mass is 127. The number of alkyl halides is 3. The fraction of sp³-hybridized carbons (Fsp3) is 0.0909. The highest BCUT2D eigenvalue weighted by Gasteiger charge is 2.30. The van der Waals surface area contributed by atoms with E-state index in [9.17, 15) is 22.8 Å². The molecule has 3 aromatic rings. The van der Waals surface area contributed by atoms with Crippen LogP contribution >= 0.6 is 22.6 Å². The molecule has 0 aromatic heterocycles. The number of anilines is 3. The van der Waals surface area contributed by atoms with E-state index in [2.05, 4.69) is 38.5 Å². The van der Waals surface area contributed by atoms with E-state index >= 15 is 0 Å². The van der Waals surface area contributed by atoms with Gasteiger partial charge in [-0.1, -0.05) is 12.1 Å². The molecule has 0 saturated carbocycles. The van der Waals surface area contributed by atoms with Gasteiger partial charge in [0.15, 0.2) is 0 Å². The van der Waals surface area contributed by atoms with E-state index < -0.39 is 17.6 Å². The van der Waals surface area contributed by atoms with Crippen molar-refractivity contribution < 1.29 is 22.8 Å². The van der Waals surface area contributed by atoms with Crippen molar-refractivity contribution in [2.45, 2.75) is 6.18 Å². The van der Waals surface area contributed by atoms with Crippen molar-refractivity contribution in [1.29, 1.82) is 0 Å². The second-order valence-corrected chi connectivity index (χ2v) is 7.77. The van der Waals surface area contributed by atoms with E-state index in [1.807, 2.05) is 12.1 Å². The number of hydrogen-bond acceptors (Lipinski definition) is 3. The van der Waals surface area contributed by atoms with Crippen LogP contribution in [0.5, 0.6) is 0 Å². The van der Waals surface area contributed by atoms with Crippen LogP contribution in [0.1, 0.15) is 15.9 Å². The average molecular weight is 539 g/mol. The van der Waals surface area contributed by atoms with Crippen LogP contribution in [-0.4, -0.2) is 18.4 Å². The van der Waals surface area contributed by atoms with Crippen molar-refractivity contribution >= 4 is 51.5 Å². The summed E-state index contributed by atoms with van der Waals surface area (Å²) in [5.41, 5.74) is 0.617. The van der Waals surface area contributed by atoms with Gasteiger partial charge in [-0.15, -0.1) is 0 Å². The van der Waals surface area contributed by atoms with Crippen LogP contribution in [0.15, 0.2) is 72.8 Å². The standard InChI is InChI=1S/C22H17F3IN3O2/c23-22(24,25)15-4-2-6-19(12-15)29-21(31)14-3-1-5-18(11-14)27-13-20(30)28-17-9-7-16(26)8-10-17/h1-12,27H,13H2,(H,28,30)(H,29,31). The maximum absolute atomic E-state index is 12.8. The van der Waals surface area contributed by atoms with Gasteiger partial charge in [-0.25, -0.2) is 0 Å². The fourth-order valence-corrected chi connectivity index (χ4v) is 3.03. The van der Waals surface area contributed by atoms with Gasteiger partial charge in [0.2, 0.25) is 5.91 Å². The summed E-state index contributed by atoms with van der Waals surface area (Å²) >= 11 is 2.17. The Labute approximate surface area is 190 Å². The van der Waals surface area contributed by atoms with E-state index in [1.165, 1.54) is 24.3 Å². The maximum Gasteiger partial charge on any atom is 0.416 e. The van der Waals surface area contributed by atoms with E-state index in [0.717, 1.165) is 15.7 Å². The van der Waals surface area contributed by atoms with Crippen LogP contribution in [-0.2, 0) is 11.0 Å². The van der Waals surface area contributed by atoms with Crippen molar-refractivity contribution in [2.75, 3.05) is 22.5 Å². The quantitative estimate of drug-likeness (QED) is 0.357. The van der Waals surface area contributed by atoms with Crippen LogP contribution in [0, 0.1) is 3.57 Å². The summed E-state index contributed by atoms with van der Waals surface area (Å²) in [6.07, 6.45) is -4.50. The number of nitrogens with one attached hydrogen (secondary N) is 3. The van der Waals surface area contributed by atoms with Crippen molar-refractivity contribution in [3.05, 3.63) is 87.5 Å². The summed E-state index contributed by atoms with van der Waals surface area (Å²) in [6, 6.07) is 18.1. The summed E-state index contributed by atoms with van der Waals surface area (Å²) in [6.45, 7) is -0.0231. The third kappa shape index (κ3) is 6.71. The molecule has 5 nitrogen and oxygen atoms in total. The Kier molecular flexibility index (Phi) is 7.16. The molecular weight excluding hydrogens is 522 g/mol. The zero-order valence-corrected chi connectivity index (χ0v) is 18.1. The lowest BCUT2D eigenvalue weighted by Gasteiger charge is -2.11. The van der Waals surface area contributed by atoms with Gasteiger partial charge < -0.3 is 16.0 Å². The summed E-state index contributed by atoms with van der Waals surface area (Å²) in [5, 5.41) is 8.13. The normalized spacial score (nSPS) is 11.0. The molecule has 3 N–H and O–H groups in total. The lowest BCUT2D eigenvalue weighted by atomic mass is 10.1. The Morgan fingerprint density at radius 1 is 0.806 bits per heavy atom. The first-order valence-corrected chi connectivity index (χ1v) is 10.2. The monoisotopic (exact) mass is 539 g/mol. The second kappa shape index (κ2) is 9.82. The highest BCUT2D eigenvalue weighted by Crippen LogP contribution is 2.30. The minimum atomic E-state index is -4.50. The van der Waals surface area contributed by atoms with E-state index in [4.69, 9.17) is 0 Å². The number of benzene rings is 3. The molecule has 0 aliphatic rings. The predicted molar refractivity (Wildman–Crippen MR) is 122 cm³/mol. The molecule has 160 valence electrons. The zero-order valence-electron chi connectivity index (χ0n) is 16.0. The topological polar surface area (TPSA) is 70.2 Å². The van der Waals surface area contributed by atoms with Crippen LogP contribution in [0.2, 0.25) is 0 Å². The van der Waals surface area contributed by atoms with Gasteiger partial charge in [-0.3, -0.25) is 9.59 Å². The van der Waals surface area contributed by atoms with Crippen LogP contribution < -0.4 is 16.0 Å². The third-order valence-corrected chi connectivity index (χ3v) is 4.87. The second-order valence-electron chi connectivity index (χ2n) is 6.52. The van der Waals surface area contributed by atoms with Crippen molar-refractivity contribution in [3.8, 4) is 0 Å². The maximum atomic E-state index is 12.8. The van der Waals surface area contributed by atoms with E-state index in [1.54, 1.807) is 24.3 Å². The first-order valence-electron chi connectivity index (χ1n) is 9.09. The molecular formula is C22H17F3IN3O2. The van der Waals surface area contributed by atoms with Crippen molar-refractivity contribution in [2.24, 2.45) is 0 Å². The summed E-state index contributed by atoms with van der Waals surface area (Å²) in [4.78, 5) is 24.5. The molecule has 3 rings (SSSR count). The number of halogens is 4. The molecule has 0 atom stereocenters. The van der Waals surface area contributed by atoms with Gasteiger partial charge in [0, 0.05) is 26.2 Å². The Morgan fingerprint density at radius 2 is 1.48 bits per heavy atom. The Hall–Kier alpha value is -3.08. The number of carbonyl (C=O) groups excluding carboxylic acids is 2. The summed E-state index contributed by atoms with van der Waals surface area (Å²) in [5.74, 6) is -0.827. The van der Waals surface area contributed by atoms with E-state index in [-0.39, 0.29) is 23.7 Å². The molecule has 0 bridgehead atoms. The fourth-order valence-electron chi connectivity index (χ4n) is 2.67. The lowest BCUT2D eigenvalue weighted by Crippen LogP contribution is -2.22. The first kappa shape index (κ1) is 22.6. The van der Waals surface area contributed by atoms with Crippen LogP contribution in [0.25, 0.3) is 0 Å². The molecule has 0 heterocycles. The van der Waals surface area contributed by atoms with Gasteiger partial charge in [0.1, 0.15) is 0 Å². The lowest BCUT2D eigenvalue weighted by molar-refractivity contribution is -0.137. The molecule has 31 heavy (non-hydrogen) atoms. The molecule has 0 aliphatic carbocycles. The molecule has 0 unspecified atom stereocenters. The van der Waals surface area contributed by atoms with Crippen molar-refractivity contribution in [1.82, 2.24) is 0 Å².